The highest BCUT2D eigenvalue weighted by atomic mass is 16.1. The van der Waals surface area contributed by atoms with Gasteiger partial charge in [-0.2, -0.15) is 0 Å². The summed E-state index contributed by atoms with van der Waals surface area (Å²) in [6.07, 6.45) is 15.9. The molecule has 1 N–H and O–H groups in total. The molecular weight excluding hydrogens is 308 g/mol. The highest BCUT2D eigenvalue weighted by Gasteiger charge is 2.50. The maximum absolute atomic E-state index is 11.8. The van der Waals surface area contributed by atoms with Crippen LogP contribution in [0.4, 0.5) is 0 Å². The van der Waals surface area contributed by atoms with Gasteiger partial charge in [0.05, 0.1) is 0 Å². The van der Waals surface area contributed by atoms with Gasteiger partial charge in [0.1, 0.15) is 0 Å². The molecule has 4 fully saturated rings. The fraction of sp³-hybridized carbons (Fsp3) is 0.545. The number of nitrogens with zero attached hydrogens (tertiary/aromatic N) is 1. The number of hydrogen-bond acceptors (Lipinski definition) is 2. The van der Waals surface area contributed by atoms with Crippen LogP contribution < -0.4 is 5.32 Å². The third-order valence-corrected chi connectivity index (χ3v) is 6.05. The van der Waals surface area contributed by atoms with Gasteiger partial charge in [0.15, 0.2) is 0 Å². The summed E-state index contributed by atoms with van der Waals surface area (Å²) in [6.45, 7) is 0.621. The van der Waals surface area contributed by atoms with Gasteiger partial charge in [-0.1, -0.05) is 12.0 Å². The molecule has 5 rings (SSSR count). The molecule has 1 aromatic heterocycles. The van der Waals surface area contributed by atoms with Crippen molar-refractivity contribution in [2.24, 2.45) is 23.2 Å². The molecule has 0 spiro atoms. The molecule has 0 saturated heterocycles. The van der Waals surface area contributed by atoms with Crippen LogP contribution in [0.3, 0.4) is 0 Å². The normalized spacial score (nSPS) is 32.4. The summed E-state index contributed by atoms with van der Waals surface area (Å²) in [5, 5.41) is 2.91. The Bertz CT molecular complexity index is 675. The quantitative estimate of drug-likeness (QED) is 0.517. The number of hydrogen-bond donors (Lipinski definition) is 1. The second-order valence-corrected chi connectivity index (χ2v) is 8.16. The minimum atomic E-state index is -0.0690. The lowest BCUT2D eigenvalue weighted by molar-refractivity contribution is -0.116. The van der Waals surface area contributed by atoms with E-state index in [0.29, 0.717) is 12.0 Å². The fourth-order valence-corrected chi connectivity index (χ4v) is 5.47. The minimum absolute atomic E-state index is 0.0690. The number of amides is 1. The zero-order chi connectivity index (χ0) is 17.1. The topological polar surface area (TPSA) is 42.0 Å². The van der Waals surface area contributed by atoms with Gasteiger partial charge in [-0.25, -0.2) is 0 Å². The average molecular weight is 334 g/mol. The van der Waals surface area contributed by atoms with Crippen LogP contribution in [-0.2, 0) is 4.79 Å². The number of carbonyl (C=O) groups excluding carboxylic acids is 1. The predicted octanol–water partition coefficient (Wildman–Crippen LogP) is 3.82. The second-order valence-electron chi connectivity index (χ2n) is 8.16. The van der Waals surface area contributed by atoms with Crippen LogP contribution in [0.25, 0.3) is 6.08 Å². The Morgan fingerprint density at radius 1 is 1.24 bits per heavy atom. The Morgan fingerprint density at radius 3 is 2.60 bits per heavy atom. The van der Waals surface area contributed by atoms with E-state index in [4.69, 9.17) is 0 Å². The molecule has 0 aromatic carbocycles. The monoisotopic (exact) mass is 334 g/mol. The Labute approximate surface area is 150 Å². The molecule has 4 bridgehead atoms. The molecular formula is C22H26N2O. The van der Waals surface area contributed by atoms with Crippen LogP contribution in [0.15, 0.2) is 30.6 Å². The highest BCUT2D eigenvalue weighted by molar-refractivity contribution is 5.91. The maximum atomic E-state index is 11.8. The van der Waals surface area contributed by atoms with Crippen LogP contribution in [0.5, 0.6) is 0 Å². The number of rotatable bonds is 4. The van der Waals surface area contributed by atoms with Crippen molar-refractivity contribution in [2.45, 2.75) is 44.9 Å². The molecule has 25 heavy (non-hydrogen) atoms. The predicted molar refractivity (Wildman–Crippen MR) is 99.3 cm³/mol. The van der Waals surface area contributed by atoms with Gasteiger partial charge in [-0.05, 0) is 74.0 Å². The Kier molecular flexibility index (Phi) is 4.61. The lowest BCUT2D eigenvalue weighted by Gasteiger charge is -2.54. The van der Waals surface area contributed by atoms with Crippen molar-refractivity contribution >= 4 is 12.0 Å². The number of pyridine rings is 1. The molecule has 4 aliphatic carbocycles. The van der Waals surface area contributed by atoms with Crippen molar-refractivity contribution in [3.63, 3.8) is 0 Å². The van der Waals surface area contributed by atoms with Gasteiger partial charge in [-0.3, -0.25) is 9.78 Å². The van der Waals surface area contributed by atoms with E-state index in [2.05, 4.69) is 22.1 Å². The zero-order valence-corrected chi connectivity index (χ0v) is 14.7. The SMILES string of the molecule is O=C(/C=C/c1cccnc1)NCCC#CC12CC3CC(CC(C3)C1)C2. The molecule has 0 unspecified atom stereocenters. The van der Waals surface area contributed by atoms with Crippen LogP contribution in [0.2, 0.25) is 0 Å². The van der Waals surface area contributed by atoms with Crippen LogP contribution in [0.1, 0.15) is 50.5 Å². The summed E-state index contributed by atoms with van der Waals surface area (Å²) in [7, 11) is 0. The zero-order valence-electron chi connectivity index (χ0n) is 14.7. The van der Waals surface area contributed by atoms with E-state index < -0.39 is 0 Å². The van der Waals surface area contributed by atoms with Gasteiger partial charge in [0.2, 0.25) is 5.91 Å². The summed E-state index contributed by atoms with van der Waals surface area (Å²) in [6, 6.07) is 3.78. The van der Waals surface area contributed by atoms with Crippen molar-refractivity contribution < 1.29 is 4.79 Å². The number of nitrogens with one attached hydrogen (secondary N) is 1. The minimum Gasteiger partial charge on any atom is -0.352 e. The molecule has 1 aromatic rings. The van der Waals surface area contributed by atoms with Gasteiger partial charge in [0.25, 0.3) is 0 Å². The van der Waals surface area contributed by atoms with Crippen molar-refractivity contribution in [3.8, 4) is 11.8 Å². The first-order valence-corrected chi connectivity index (χ1v) is 9.57. The average Bonchev–Trinajstić information content (AvgIpc) is 2.59. The molecule has 4 aliphatic rings. The largest absolute Gasteiger partial charge is 0.352 e. The summed E-state index contributed by atoms with van der Waals surface area (Å²) >= 11 is 0. The first-order chi connectivity index (χ1) is 12.2. The van der Waals surface area contributed by atoms with E-state index in [9.17, 15) is 4.79 Å². The molecule has 3 heteroatoms. The van der Waals surface area contributed by atoms with Gasteiger partial charge < -0.3 is 5.32 Å². The van der Waals surface area contributed by atoms with E-state index >= 15 is 0 Å². The van der Waals surface area contributed by atoms with E-state index in [-0.39, 0.29) is 5.91 Å². The third kappa shape index (κ3) is 3.95. The lowest BCUT2D eigenvalue weighted by atomic mass is 9.50. The number of aromatic nitrogens is 1. The van der Waals surface area contributed by atoms with Crippen molar-refractivity contribution in [2.75, 3.05) is 6.54 Å². The fourth-order valence-electron chi connectivity index (χ4n) is 5.47. The van der Waals surface area contributed by atoms with E-state index in [1.165, 1.54) is 38.5 Å². The standard InChI is InChI=1S/C22H26N2O/c25-21(6-5-17-4-3-8-23-16-17)24-9-2-1-7-22-13-18-10-19(14-22)12-20(11-18)15-22/h3-6,8,16,18-20H,2,9-15H2,(H,24,25)/b6-5+. The summed E-state index contributed by atoms with van der Waals surface area (Å²) in [4.78, 5) is 15.9. The summed E-state index contributed by atoms with van der Waals surface area (Å²) in [5.41, 5.74) is 1.25. The summed E-state index contributed by atoms with van der Waals surface area (Å²) < 4.78 is 0. The van der Waals surface area contributed by atoms with Gasteiger partial charge in [-0.15, -0.1) is 5.92 Å². The third-order valence-electron chi connectivity index (χ3n) is 6.05. The van der Waals surface area contributed by atoms with Crippen LogP contribution in [0, 0.1) is 35.0 Å². The molecule has 0 atom stereocenters. The summed E-state index contributed by atoms with van der Waals surface area (Å²) in [5.74, 6) is 9.76. The molecule has 0 aliphatic heterocycles. The molecule has 4 saturated carbocycles. The Hall–Kier alpha value is -2.08. The lowest BCUT2D eigenvalue weighted by Crippen LogP contribution is -2.45. The smallest absolute Gasteiger partial charge is 0.244 e. The van der Waals surface area contributed by atoms with Crippen molar-refractivity contribution in [1.29, 1.82) is 0 Å². The van der Waals surface area contributed by atoms with Gasteiger partial charge >= 0.3 is 0 Å². The maximum Gasteiger partial charge on any atom is 0.244 e. The van der Waals surface area contributed by atoms with Gasteiger partial charge in [0, 0.05) is 36.9 Å². The van der Waals surface area contributed by atoms with Crippen molar-refractivity contribution in [1.82, 2.24) is 10.3 Å². The number of carbonyl (C=O) groups is 1. The van der Waals surface area contributed by atoms with E-state index in [1.54, 1.807) is 24.5 Å². The molecule has 1 heterocycles. The van der Waals surface area contributed by atoms with Crippen LogP contribution in [-0.4, -0.2) is 17.4 Å². The second kappa shape index (κ2) is 7.04. The first kappa shape index (κ1) is 16.4. The Morgan fingerprint density at radius 2 is 1.96 bits per heavy atom. The highest BCUT2D eigenvalue weighted by Crippen LogP contribution is 2.59. The van der Waals surface area contributed by atoms with E-state index in [1.807, 2.05) is 12.1 Å². The molecule has 0 radical (unpaired) electrons. The van der Waals surface area contributed by atoms with Crippen LogP contribution >= 0.6 is 0 Å². The van der Waals surface area contributed by atoms with E-state index in [0.717, 1.165) is 29.7 Å². The molecule has 1 amide bonds. The molecule has 3 nitrogen and oxygen atoms in total. The Balaban J connectivity index is 1.23. The van der Waals surface area contributed by atoms with Crippen molar-refractivity contribution in [3.05, 3.63) is 36.2 Å². The molecule has 130 valence electrons. The first-order valence-electron chi connectivity index (χ1n) is 9.57.